The first kappa shape index (κ1) is 17.5. The second-order valence-corrected chi connectivity index (χ2v) is 6.34. The average Bonchev–Trinajstić information content (AvgIpc) is 3.31. The zero-order valence-corrected chi connectivity index (χ0v) is 15.4. The molecule has 4 rings (SSSR count). The van der Waals surface area contributed by atoms with E-state index in [9.17, 15) is 4.39 Å². The summed E-state index contributed by atoms with van der Waals surface area (Å²) in [6.07, 6.45) is 7.02. The van der Waals surface area contributed by atoms with Crippen LogP contribution in [0.15, 0.2) is 36.9 Å². The molecule has 4 heterocycles. The molecule has 4 aromatic heterocycles. The van der Waals surface area contributed by atoms with Crippen LogP contribution in [0.5, 0.6) is 0 Å². The lowest BCUT2D eigenvalue weighted by Gasteiger charge is -2.11. The molecule has 7 nitrogen and oxygen atoms in total. The van der Waals surface area contributed by atoms with Crippen LogP contribution in [0.2, 0.25) is 0 Å². The molecule has 0 spiro atoms. The first-order chi connectivity index (χ1) is 13.2. The van der Waals surface area contributed by atoms with E-state index in [4.69, 9.17) is 11.6 Å². The minimum atomic E-state index is -0.427. The van der Waals surface area contributed by atoms with Gasteiger partial charge in [-0.1, -0.05) is 13.3 Å². The molecule has 0 bridgehead atoms. The van der Waals surface area contributed by atoms with Crippen molar-refractivity contribution in [1.29, 1.82) is 0 Å². The van der Waals surface area contributed by atoms with Crippen LogP contribution in [0.3, 0.4) is 0 Å². The van der Waals surface area contributed by atoms with Crippen LogP contribution in [-0.4, -0.2) is 34.3 Å². The van der Waals surface area contributed by atoms with Crippen molar-refractivity contribution < 1.29 is 4.39 Å². The minimum absolute atomic E-state index is 0.169. The molecule has 4 aromatic rings. The van der Waals surface area contributed by atoms with E-state index in [0.29, 0.717) is 12.2 Å². The number of hydrogen-bond donors (Lipinski definition) is 0. The van der Waals surface area contributed by atoms with Gasteiger partial charge in [-0.3, -0.25) is 0 Å². The van der Waals surface area contributed by atoms with E-state index in [1.54, 1.807) is 29.3 Å². The van der Waals surface area contributed by atoms with Gasteiger partial charge in [0.25, 0.3) is 0 Å². The predicted octanol–water partition coefficient (Wildman–Crippen LogP) is 3.13. The molecule has 0 fully saturated rings. The maximum Gasteiger partial charge on any atom is 0.189 e. The summed E-state index contributed by atoms with van der Waals surface area (Å²) in [6.45, 7) is 2.10. The summed E-state index contributed by atoms with van der Waals surface area (Å²) in [5.74, 6) is 0.550. The highest BCUT2D eigenvalue weighted by Crippen LogP contribution is 2.20. The summed E-state index contributed by atoms with van der Waals surface area (Å²) >= 11 is 5.87. The smallest absolute Gasteiger partial charge is 0.189 e. The molecule has 0 aromatic carbocycles. The largest absolute Gasteiger partial charge is 0.240 e. The number of alkyl halides is 1. The Balaban J connectivity index is 1.78. The first-order valence-corrected chi connectivity index (χ1v) is 9.16. The van der Waals surface area contributed by atoms with E-state index in [0.717, 1.165) is 35.4 Å². The molecule has 27 heavy (non-hydrogen) atoms. The monoisotopic (exact) mass is 385 g/mol. The van der Waals surface area contributed by atoms with Gasteiger partial charge in [0.1, 0.15) is 6.33 Å². The van der Waals surface area contributed by atoms with Crippen molar-refractivity contribution in [3.8, 4) is 5.82 Å². The third kappa shape index (κ3) is 3.28. The third-order valence-corrected chi connectivity index (χ3v) is 4.48. The van der Waals surface area contributed by atoms with Crippen molar-refractivity contribution in [2.75, 3.05) is 0 Å². The Morgan fingerprint density at radius 3 is 2.85 bits per heavy atom. The van der Waals surface area contributed by atoms with Crippen molar-refractivity contribution in [2.45, 2.75) is 32.1 Å². The summed E-state index contributed by atoms with van der Waals surface area (Å²) in [4.78, 5) is 13.2. The van der Waals surface area contributed by atoms with Gasteiger partial charge in [0, 0.05) is 24.4 Å². The molecule has 138 valence electrons. The van der Waals surface area contributed by atoms with Crippen molar-refractivity contribution in [1.82, 2.24) is 34.3 Å². The molecule has 0 N–H and O–H groups in total. The Hall–Kier alpha value is -2.87. The summed E-state index contributed by atoms with van der Waals surface area (Å²) in [5.41, 5.74) is 3.42. The molecule has 9 heteroatoms. The fourth-order valence-corrected chi connectivity index (χ4v) is 3.17. The fraction of sp³-hybridized carbons (Fsp3) is 0.278. The Bertz CT molecular complexity index is 1090. The van der Waals surface area contributed by atoms with Crippen LogP contribution in [0.1, 0.15) is 36.1 Å². The highest BCUT2D eigenvalue weighted by atomic mass is 35.5. The Labute approximate surface area is 159 Å². The molecule has 0 radical (unpaired) electrons. The highest BCUT2D eigenvalue weighted by Gasteiger charge is 2.17. The average molecular weight is 386 g/mol. The van der Waals surface area contributed by atoms with E-state index >= 15 is 0 Å². The summed E-state index contributed by atoms with van der Waals surface area (Å²) in [5, 5.41) is 8.56. The number of fused-ring (bicyclic) bond motifs is 1. The van der Waals surface area contributed by atoms with Crippen LogP contribution >= 0.6 is 11.6 Å². The maximum atomic E-state index is 14.1. The number of hydrogen-bond acceptors (Lipinski definition) is 5. The van der Waals surface area contributed by atoms with Crippen molar-refractivity contribution in [3.05, 3.63) is 65.5 Å². The third-order valence-electron chi connectivity index (χ3n) is 4.25. The molecule has 0 unspecified atom stereocenters. The van der Waals surface area contributed by atoms with E-state index in [2.05, 4.69) is 32.1 Å². The minimum Gasteiger partial charge on any atom is -0.240 e. The zero-order chi connectivity index (χ0) is 18.8. The van der Waals surface area contributed by atoms with Gasteiger partial charge in [0.05, 0.1) is 17.3 Å². The van der Waals surface area contributed by atoms with E-state index in [1.165, 1.54) is 10.7 Å². The number of halogens is 2. The lowest BCUT2D eigenvalue weighted by molar-refractivity contribution is 0.596. The number of pyridine rings is 1. The fourth-order valence-electron chi connectivity index (χ4n) is 3.06. The Kier molecular flexibility index (Phi) is 4.81. The number of nitrogens with zero attached hydrogens (tertiary/aromatic N) is 7. The van der Waals surface area contributed by atoms with E-state index in [-0.39, 0.29) is 11.7 Å². The van der Waals surface area contributed by atoms with Gasteiger partial charge in [-0.15, -0.1) is 16.7 Å². The molecule has 0 amide bonds. The molecule has 0 aliphatic carbocycles. The van der Waals surface area contributed by atoms with Gasteiger partial charge < -0.3 is 0 Å². The molecule has 0 atom stereocenters. The molecule has 0 saturated carbocycles. The van der Waals surface area contributed by atoms with Gasteiger partial charge in [0.15, 0.2) is 23.1 Å². The van der Waals surface area contributed by atoms with E-state index < -0.39 is 5.82 Å². The van der Waals surface area contributed by atoms with Crippen molar-refractivity contribution in [2.24, 2.45) is 0 Å². The maximum absolute atomic E-state index is 14.1. The van der Waals surface area contributed by atoms with Crippen molar-refractivity contribution in [3.63, 3.8) is 0 Å². The molecular formula is C18H17ClFN7. The van der Waals surface area contributed by atoms with E-state index in [1.807, 2.05) is 6.07 Å². The zero-order valence-electron chi connectivity index (χ0n) is 14.7. The van der Waals surface area contributed by atoms with Crippen LogP contribution in [0, 0.1) is 5.82 Å². The second kappa shape index (κ2) is 7.40. The number of aromatic nitrogens is 7. The van der Waals surface area contributed by atoms with Gasteiger partial charge in [-0.2, -0.15) is 5.10 Å². The molecule has 0 aliphatic rings. The van der Waals surface area contributed by atoms with Crippen molar-refractivity contribution >= 4 is 17.2 Å². The first-order valence-electron chi connectivity index (χ1n) is 8.63. The molecule has 0 saturated heterocycles. The second-order valence-electron chi connectivity index (χ2n) is 6.07. The normalized spacial score (nSPS) is 11.4. The lowest BCUT2D eigenvalue weighted by Crippen LogP contribution is -2.10. The van der Waals surface area contributed by atoms with Gasteiger partial charge in [0.2, 0.25) is 0 Å². The van der Waals surface area contributed by atoms with Gasteiger partial charge >= 0.3 is 0 Å². The van der Waals surface area contributed by atoms with Crippen LogP contribution in [0.25, 0.3) is 11.5 Å². The number of aryl methyl sites for hydroxylation is 1. The number of rotatable bonds is 6. The Morgan fingerprint density at radius 1 is 1.19 bits per heavy atom. The highest BCUT2D eigenvalue weighted by molar-refractivity contribution is 6.16. The lowest BCUT2D eigenvalue weighted by atomic mass is 10.1. The molecular weight excluding hydrogens is 369 g/mol. The quantitative estimate of drug-likeness (QED) is 0.477. The van der Waals surface area contributed by atoms with Gasteiger partial charge in [-0.25, -0.2) is 28.5 Å². The van der Waals surface area contributed by atoms with Crippen LogP contribution in [-0.2, 0) is 18.7 Å². The Morgan fingerprint density at radius 2 is 2.07 bits per heavy atom. The molecule has 0 aliphatic heterocycles. The summed E-state index contributed by atoms with van der Waals surface area (Å²) < 4.78 is 17.3. The standard InChI is InChI=1S/C18H17ClFN7/c1-2-4-13-15(22-11-26-17(13)24-16(10-19)25-26)9-12-6-8-23-27(12)18-14(20)5-3-7-21-18/h3,5-8,11H,2,4,9-10H2,1H3. The summed E-state index contributed by atoms with van der Waals surface area (Å²) in [7, 11) is 0. The van der Waals surface area contributed by atoms with Crippen LogP contribution < -0.4 is 0 Å². The van der Waals surface area contributed by atoms with Gasteiger partial charge in [-0.05, 0) is 24.6 Å². The topological polar surface area (TPSA) is 73.8 Å². The SMILES string of the molecule is CCCc1c(Cc2ccnn2-c2ncccc2F)ncn2nc(CCl)nc12. The van der Waals surface area contributed by atoms with Crippen LogP contribution in [0.4, 0.5) is 4.39 Å². The summed E-state index contributed by atoms with van der Waals surface area (Å²) in [6, 6.07) is 4.75. The predicted molar refractivity (Wildman–Crippen MR) is 98.5 cm³/mol.